The van der Waals surface area contributed by atoms with Crippen LogP contribution in [0, 0.1) is 5.82 Å². The number of amides is 2. The molecule has 3 aromatic rings. The Labute approximate surface area is 137 Å². The van der Waals surface area contributed by atoms with Gasteiger partial charge in [-0.25, -0.2) is 9.18 Å². The molecule has 0 spiro atoms. The fourth-order valence-electron chi connectivity index (χ4n) is 2.25. The van der Waals surface area contributed by atoms with Gasteiger partial charge in [0, 0.05) is 10.6 Å². The number of nitrogens with one attached hydrogen (secondary N) is 2. The maximum Gasteiger partial charge on any atom is 0.320 e. The minimum Gasteiger partial charge on any atom is -0.326 e. The molecule has 0 saturated carbocycles. The summed E-state index contributed by atoms with van der Waals surface area (Å²) in [6.07, 6.45) is 0. The molecule has 0 aliphatic carbocycles. The zero-order valence-electron chi connectivity index (χ0n) is 12.2. The number of benzene rings is 2. The van der Waals surface area contributed by atoms with Crippen LogP contribution in [0.1, 0.15) is 16.5 Å². The third-order valence-electron chi connectivity index (χ3n) is 3.34. The van der Waals surface area contributed by atoms with Crippen molar-refractivity contribution in [1.29, 1.82) is 0 Å². The molecule has 2 aromatic carbocycles. The second kappa shape index (κ2) is 7.07. The molecule has 23 heavy (non-hydrogen) atoms. The van der Waals surface area contributed by atoms with Crippen LogP contribution in [0.3, 0.4) is 0 Å². The predicted molar refractivity (Wildman–Crippen MR) is 91.2 cm³/mol. The molecule has 0 aliphatic rings. The highest BCUT2D eigenvalue weighted by Gasteiger charge is 2.18. The number of para-hydroxylation sites is 1. The Bertz CT molecular complexity index is 757. The van der Waals surface area contributed by atoms with Gasteiger partial charge in [0.15, 0.2) is 0 Å². The standard InChI is InChI=1S/C18H15FN2OS/c19-14-10-8-13(9-11-14)17(16-7-4-12-23-16)21-18(22)20-15-5-2-1-3-6-15/h1-12,17H,(H2,20,21,22)/t17-/m1/s1. The van der Waals surface area contributed by atoms with Crippen molar-refractivity contribution in [2.24, 2.45) is 0 Å². The van der Waals surface area contributed by atoms with Gasteiger partial charge in [-0.3, -0.25) is 0 Å². The third-order valence-corrected chi connectivity index (χ3v) is 4.28. The van der Waals surface area contributed by atoms with Crippen molar-refractivity contribution in [2.75, 3.05) is 5.32 Å². The molecule has 0 bridgehead atoms. The predicted octanol–water partition coefficient (Wildman–Crippen LogP) is 4.80. The molecule has 0 aliphatic heterocycles. The Balaban J connectivity index is 1.79. The van der Waals surface area contributed by atoms with Crippen LogP contribution in [0.25, 0.3) is 0 Å². The van der Waals surface area contributed by atoms with E-state index >= 15 is 0 Å². The van der Waals surface area contributed by atoms with E-state index in [9.17, 15) is 9.18 Å². The molecule has 116 valence electrons. The van der Waals surface area contributed by atoms with Crippen LogP contribution in [0.5, 0.6) is 0 Å². The molecule has 3 nitrogen and oxygen atoms in total. The number of rotatable bonds is 4. The summed E-state index contributed by atoms with van der Waals surface area (Å²) in [6.45, 7) is 0. The van der Waals surface area contributed by atoms with Gasteiger partial charge in [0.2, 0.25) is 0 Å². The first-order valence-electron chi connectivity index (χ1n) is 7.14. The molecular weight excluding hydrogens is 311 g/mol. The Morgan fingerprint density at radius 2 is 1.70 bits per heavy atom. The summed E-state index contributed by atoms with van der Waals surface area (Å²) >= 11 is 1.54. The Hall–Kier alpha value is -2.66. The molecule has 0 unspecified atom stereocenters. The summed E-state index contributed by atoms with van der Waals surface area (Å²) in [5.74, 6) is -0.299. The zero-order valence-corrected chi connectivity index (χ0v) is 13.0. The second-order valence-electron chi connectivity index (χ2n) is 4.96. The van der Waals surface area contributed by atoms with Crippen LogP contribution < -0.4 is 10.6 Å². The number of carbonyl (C=O) groups excluding carboxylic acids is 1. The summed E-state index contributed by atoms with van der Waals surface area (Å²) in [7, 11) is 0. The van der Waals surface area contributed by atoms with E-state index in [0.29, 0.717) is 5.69 Å². The lowest BCUT2D eigenvalue weighted by molar-refractivity contribution is 0.250. The molecule has 0 fully saturated rings. The van der Waals surface area contributed by atoms with Crippen molar-refractivity contribution in [2.45, 2.75) is 6.04 Å². The van der Waals surface area contributed by atoms with Crippen LogP contribution in [-0.4, -0.2) is 6.03 Å². The highest BCUT2D eigenvalue weighted by Crippen LogP contribution is 2.26. The van der Waals surface area contributed by atoms with E-state index in [1.54, 1.807) is 23.5 Å². The maximum absolute atomic E-state index is 13.1. The van der Waals surface area contributed by atoms with E-state index in [1.165, 1.54) is 12.1 Å². The van der Waals surface area contributed by atoms with Gasteiger partial charge < -0.3 is 10.6 Å². The molecule has 1 atom stereocenters. The summed E-state index contributed by atoms with van der Waals surface area (Å²) < 4.78 is 13.1. The topological polar surface area (TPSA) is 41.1 Å². The van der Waals surface area contributed by atoms with Crippen LogP contribution >= 0.6 is 11.3 Å². The fourth-order valence-corrected chi connectivity index (χ4v) is 3.05. The van der Waals surface area contributed by atoms with Crippen molar-refractivity contribution < 1.29 is 9.18 Å². The van der Waals surface area contributed by atoms with E-state index in [0.717, 1.165) is 10.4 Å². The van der Waals surface area contributed by atoms with Gasteiger partial charge in [-0.1, -0.05) is 36.4 Å². The number of hydrogen-bond donors (Lipinski definition) is 2. The number of halogens is 1. The Kier molecular flexibility index (Phi) is 4.68. The quantitative estimate of drug-likeness (QED) is 0.710. The lowest BCUT2D eigenvalue weighted by atomic mass is 10.1. The first-order valence-corrected chi connectivity index (χ1v) is 8.02. The zero-order chi connectivity index (χ0) is 16.1. The van der Waals surface area contributed by atoms with Crippen LogP contribution in [0.2, 0.25) is 0 Å². The minimum atomic E-state index is -0.320. The van der Waals surface area contributed by atoms with Crippen molar-refractivity contribution in [3.05, 3.63) is 88.4 Å². The van der Waals surface area contributed by atoms with Gasteiger partial charge in [0.05, 0.1) is 6.04 Å². The smallest absolute Gasteiger partial charge is 0.320 e. The van der Waals surface area contributed by atoms with Gasteiger partial charge in [0.1, 0.15) is 5.82 Å². The second-order valence-corrected chi connectivity index (χ2v) is 5.94. The van der Waals surface area contributed by atoms with Gasteiger partial charge in [0.25, 0.3) is 0 Å². The maximum atomic E-state index is 13.1. The minimum absolute atomic E-state index is 0.299. The van der Waals surface area contributed by atoms with E-state index in [4.69, 9.17) is 0 Å². The van der Waals surface area contributed by atoms with Crippen molar-refractivity contribution in [1.82, 2.24) is 5.32 Å². The largest absolute Gasteiger partial charge is 0.326 e. The van der Waals surface area contributed by atoms with Crippen molar-refractivity contribution in [3.63, 3.8) is 0 Å². The van der Waals surface area contributed by atoms with Crippen LogP contribution in [0.15, 0.2) is 72.1 Å². The molecule has 1 heterocycles. The molecular formula is C18H15FN2OS. The summed E-state index contributed by atoms with van der Waals surface area (Å²) in [4.78, 5) is 13.3. The summed E-state index contributed by atoms with van der Waals surface area (Å²) in [5, 5.41) is 7.68. The van der Waals surface area contributed by atoms with E-state index in [2.05, 4.69) is 10.6 Å². The van der Waals surface area contributed by atoms with E-state index in [-0.39, 0.29) is 17.9 Å². The average molecular weight is 326 g/mol. The highest BCUT2D eigenvalue weighted by atomic mass is 32.1. The van der Waals surface area contributed by atoms with Crippen LogP contribution in [-0.2, 0) is 0 Å². The van der Waals surface area contributed by atoms with Gasteiger partial charge in [-0.05, 0) is 41.3 Å². The first-order chi connectivity index (χ1) is 11.2. The fraction of sp³-hybridized carbons (Fsp3) is 0.0556. The molecule has 1 aromatic heterocycles. The molecule has 2 amide bonds. The Morgan fingerprint density at radius 1 is 0.957 bits per heavy atom. The summed E-state index contributed by atoms with van der Waals surface area (Å²) in [6, 6.07) is 18.6. The van der Waals surface area contributed by atoms with Crippen LogP contribution in [0.4, 0.5) is 14.9 Å². The Morgan fingerprint density at radius 3 is 2.35 bits per heavy atom. The monoisotopic (exact) mass is 326 g/mol. The number of hydrogen-bond acceptors (Lipinski definition) is 2. The highest BCUT2D eigenvalue weighted by molar-refractivity contribution is 7.10. The number of urea groups is 1. The lowest BCUT2D eigenvalue weighted by Gasteiger charge is -2.18. The van der Waals surface area contributed by atoms with Crippen molar-refractivity contribution >= 4 is 23.1 Å². The van der Waals surface area contributed by atoms with Crippen molar-refractivity contribution in [3.8, 4) is 0 Å². The molecule has 0 radical (unpaired) electrons. The lowest BCUT2D eigenvalue weighted by Crippen LogP contribution is -2.32. The normalized spacial score (nSPS) is 11.7. The first kappa shape index (κ1) is 15.2. The number of carbonyl (C=O) groups is 1. The summed E-state index contributed by atoms with van der Waals surface area (Å²) in [5.41, 5.74) is 1.55. The van der Waals surface area contributed by atoms with Gasteiger partial charge in [-0.15, -0.1) is 11.3 Å². The van der Waals surface area contributed by atoms with E-state index in [1.807, 2.05) is 47.8 Å². The molecule has 2 N–H and O–H groups in total. The molecule has 3 rings (SSSR count). The third kappa shape index (κ3) is 3.96. The molecule has 0 saturated heterocycles. The number of anilines is 1. The number of thiophene rings is 1. The van der Waals surface area contributed by atoms with Gasteiger partial charge in [-0.2, -0.15) is 0 Å². The average Bonchev–Trinajstić information content (AvgIpc) is 3.09. The van der Waals surface area contributed by atoms with E-state index < -0.39 is 0 Å². The molecule has 5 heteroatoms. The SMILES string of the molecule is O=C(Nc1ccccc1)N[C@H](c1ccc(F)cc1)c1cccs1. The van der Waals surface area contributed by atoms with Gasteiger partial charge >= 0.3 is 6.03 Å².